The van der Waals surface area contributed by atoms with Crippen LogP contribution in [0.5, 0.6) is 0 Å². The third-order valence-electron chi connectivity index (χ3n) is 6.34. The van der Waals surface area contributed by atoms with Gasteiger partial charge in [-0.1, -0.05) is 43.2 Å². The first-order valence-corrected chi connectivity index (χ1v) is 12.3. The lowest BCUT2D eigenvalue weighted by molar-refractivity contribution is -0.115. The van der Waals surface area contributed by atoms with Gasteiger partial charge in [-0.25, -0.2) is 14.5 Å². The van der Waals surface area contributed by atoms with Gasteiger partial charge in [-0.05, 0) is 45.1 Å². The van der Waals surface area contributed by atoms with Crippen molar-refractivity contribution in [3.63, 3.8) is 0 Å². The Hall–Kier alpha value is -2.94. The summed E-state index contributed by atoms with van der Waals surface area (Å²) in [6.45, 7) is 3.88. The fourth-order valence-corrected chi connectivity index (χ4v) is 5.04. The SMILES string of the molecule is CSc1nc2nc(C)c(CC(=O)Nc3nc4ccccc4n3C3CCCCC3)c(C)n2n1. The summed E-state index contributed by atoms with van der Waals surface area (Å²) in [6, 6.07) is 8.48. The Morgan fingerprint density at radius 1 is 1.12 bits per heavy atom. The van der Waals surface area contributed by atoms with Crippen molar-refractivity contribution < 1.29 is 4.79 Å². The number of carbonyl (C=O) groups excluding carboxylic acids is 1. The number of hydrogen-bond donors (Lipinski definition) is 1. The molecule has 1 aliphatic carbocycles. The molecular formula is C23H27N7OS. The van der Waals surface area contributed by atoms with Gasteiger partial charge >= 0.3 is 0 Å². The van der Waals surface area contributed by atoms with Crippen LogP contribution in [0.2, 0.25) is 0 Å². The van der Waals surface area contributed by atoms with Crippen LogP contribution in [0.4, 0.5) is 5.95 Å². The highest BCUT2D eigenvalue weighted by Gasteiger charge is 2.23. The monoisotopic (exact) mass is 449 g/mol. The molecule has 4 aromatic rings. The molecule has 1 aliphatic rings. The normalized spacial score (nSPS) is 15.0. The van der Waals surface area contributed by atoms with Crippen LogP contribution in [0.15, 0.2) is 29.4 Å². The van der Waals surface area contributed by atoms with Crippen molar-refractivity contribution in [2.75, 3.05) is 11.6 Å². The van der Waals surface area contributed by atoms with Gasteiger partial charge in [0.05, 0.1) is 17.5 Å². The Bertz CT molecular complexity index is 1300. The zero-order valence-corrected chi connectivity index (χ0v) is 19.4. The molecule has 0 bridgehead atoms. The van der Waals surface area contributed by atoms with Crippen LogP contribution in [-0.4, -0.2) is 41.3 Å². The molecule has 8 nitrogen and oxygen atoms in total. The van der Waals surface area contributed by atoms with Crippen molar-refractivity contribution in [2.24, 2.45) is 0 Å². The molecule has 1 saturated carbocycles. The lowest BCUT2D eigenvalue weighted by atomic mass is 9.95. The van der Waals surface area contributed by atoms with Gasteiger partial charge in [-0.15, -0.1) is 5.10 Å². The minimum absolute atomic E-state index is 0.102. The minimum atomic E-state index is -0.102. The van der Waals surface area contributed by atoms with E-state index in [0.717, 1.165) is 40.8 Å². The number of benzene rings is 1. The number of thioether (sulfide) groups is 1. The summed E-state index contributed by atoms with van der Waals surface area (Å²) < 4.78 is 3.95. The van der Waals surface area contributed by atoms with Gasteiger partial charge in [0.2, 0.25) is 17.0 Å². The summed E-state index contributed by atoms with van der Waals surface area (Å²) in [4.78, 5) is 26.9. The number of fused-ring (bicyclic) bond motifs is 2. The zero-order valence-electron chi connectivity index (χ0n) is 18.6. The van der Waals surface area contributed by atoms with Gasteiger partial charge in [0.25, 0.3) is 5.78 Å². The summed E-state index contributed by atoms with van der Waals surface area (Å²) in [5.41, 5.74) is 4.54. The largest absolute Gasteiger partial charge is 0.307 e. The number of nitrogens with one attached hydrogen (secondary N) is 1. The van der Waals surface area contributed by atoms with Crippen molar-refractivity contribution in [3.8, 4) is 0 Å². The average molecular weight is 450 g/mol. The molecule has 3 heterocycles. The molecule has 0 atom stereocenters. The highest BCUT2D eigenvalue weighted by molar-refractivity contribution is 7.98. The van der Waals surface area contributed by atoms with Crippen LogP contribution in [0.25, 0.3) is 16.8 Å². The Morgan fingerprint density at radius 2 is 1.91 bits per heavy atom. The second-order valence-corrected chi connectivity index (χ2v) is 9.16. The number of para-hydroxylation sites is 2. The summed E-state index contributed by atoms with van der Waals surface area (Å²) >= 11 is 1.47. The van der Waals surface area contributed by atoms with E-state index in [2.05, 4.69) is 31.0 Å². The molecular weight excluding hydrogens is 422 g/mol. The molecule has 0 aliphatic heterocycles. The third-order valence-corrected chi connectivity index (χ3v) is 6.87. The first-order chi connectivity index (χ1) is 15.5. The van der Waals surface area contributed by atoms with Crippen LogP contribution in [0.1, 0.15) is 55.1 Å². The van der Waals surface area contributed by atoms with Gasteiger partial charge in [0.1, 0.15) is 0 Å². The van der Waals surface area contributed by atoms with Gasteiger partial charge in [0.15, 0.2) is 0 Å². The summed E-state index contributed by atoms with van der Waals surface area (Å²) in [7, 11) is 0. The lowest BCUT2D eigenvalue weighted by Crippen LogP contribution is -2.22. The van der Waals surface area contributed by atoms with E-state index in [9.17, 15) is 4.79 Å². The Morgan fingerprint density at radius 3 is 2.69 bits per heavy atom. The van der Waals surface area contributed by atoms with Crippen LogP contribution in [-0.2, 0) is 11.2 Å². The van der Waals surface area contributed by atoms with Crippen molar-refractivity contribution in [2.45, 2.75) is 63.6 Å². The van der Waals surface area contributed by atoms with Crippen LogP contribution >= 0.6 is 11.8 Å². The van der Waals surface area contributed by atoms with Gasteiger partial charge in [-0.3, -0.25) is 10.1 Å². The molecule has 166 valence electrons. The summed E-state index contributed by atoms with van der Waals surface area (Å²) in [6.07, 6.45) is 8.08. The molecule has 5 rings (SSSR count). The Labute approximate surface area is 190 Å². The summed E-state index contributed by atoms with van der Waals surface area (Å²) in [5.74, 6) is 1.10. The van der Waals surface area contributed by atoms with E-state index in [-0.39, 0.29) is 12.3 Å². The van der Waals surface area contributed by atoms with E-state index in [4.69, 9.17) is 4.98 Å². The van der Waals surface area contributed by atoms with Crippen LogP contribution in [0.3, 0.4) is 0 Å². The maximum Gasteiger partial charge on any atom is 0.253 e. The molecule has 1 amide bonds. The molecule has 1 aromatic carbocycles. The van der Waals surface area contributed by atoms with Crippen LogP contribution < -0.4 is 5.32 Å². The average Bonchev–Trinajstić information content (AvgIpc) is 3.38. The van der Waals surface area contributed by atoms with Crippen molar-refractivity contribution in [1.82, 2.24) is 29.1 Å². The molecule has 0 radical (unpaired) electrons. The number of anilines is 1. The quantitative estimate of drug-likeness (QED) is 0.451. The fourth-order valence-electron chi connectivity index (χ4n) is 4.70. The molecule has 9 heteroatoms. The van der Waals surface area contributed by atoms with Crippen molar-refractivity contribution >= 4 is 40.4 Å². The highest BCUT2D eigenvalue weighted by atomic mass is 32.2. The highest BCUT2D eigenvalue weighted by Crippen LogP contribution is 2.34. The first kappa shape index (κ1) is 20.9. The molecule has 3 aromatic heterocycles. The number of rotatable bonds is 5. The van der Waals surface area contributed by atoms with E-state index in [1.165, 1.54) is 31.0 Å². The smallest absolute Gasteiger partial charge is 0.253 e. The number of imidazole rings is 1. The zero-order chi connectivity index (χ0) is 22.2. The predicted octanol–water partition coefficient (Wildman–Crippen LogP) is 4.50. The number of aromatic nitrogens is 6. The molecule has 1 fully saturated rings. The second-order valence-electron chi connectivity index (χ2n) is 8.38. The first-order valence-electron chi connectivity index (χ1n) is 11.1. The fraction of sp³-hybridized carbons (Fsp3) is 0.435. The molecule has 1 N–H and O–H groups in total. The minimum Gasteiger partial charge on any atom is -0.307 e. The van der Waals surface area contributed by atoms with Gasteiger partial charge < -0.3 is 4.57 Å². The molecule has 0 spiro atoms. The topological polar surface area (TPSA) is 90.0 Å². The maximum atomic E-state index is 13.2. The van der Waals surface area contributed by atoms with Crippen molar-refractivity contribution in [3.05, 3.63) is 41.2 Å². The van der Waals surface area contributed by atoms with Crippen molar-refractivity contribution in [1.29, 1.82) is 0 Å². The number of aryl methyl sites for hydroxylation is 2. The number of carbonyl (C=O) groups is 1. The molecule has 0 saturated heterocycles. The van der Waals surface area contributed by atoms with Crippen LogP contribution in [0, 0.1) is 13.8 Å². The van der Waals surface area contributed by atoms with Gasteiger partial charge in [-0.2, -0.15) is 4.98 Å². The van der Waals surface area contributed by atoms with E-state index >= 15 is 0 Å². The lowest BCUT2D eigenvalue weighted by Gasteiger charge is -2.25. The van der Waals surface area contributed by atoms with Gasteiger partial charge in [0, 0.05) is 23.0 Å². The maximum absolute atomic E-state index is 13.2. The predicted molar refractivity (Wildman–Crippen MR) is 126 cm³/mol. The third kappa shape index (κ3) is 3.74. The standard InChI is InChI=1S/C23H27N7OS/c1-14-17(15(2)30-22(24-14)27-23(28-30)32-3)13-20(31)26-21-25-18-11-7-8-12-19(18)29(21)16-9-5-4-6-10-16/h7-8,11-12,16H,4-6,9-10,13H2,1-3H3,(H,25,26,31). The number of nitrogens with zero attached hydrogens (tertiary/aromatic N) is 6. The van der Waals surface area contributed by atoms with E-state index in [1.54, 1.807) is 4.52 Å². The van der Waals surface area contributed by atoms with E-state index in [0.29, 0.717) is 22.9 Å². The Kier molecular flexibility index (Phi) is 5.58. The second kappa shape index (κ2) is 8.54. The number of hydrogen-bond acceptors (Lipinski definition) is 6. The van der Waals surface area contributed by atoms with E-state index < -0.39 is 0 Å². The molecule has 32 heavy (non-hydrogen) atoms. The summed E-state index contributed by atoms with van der Waals surface area (Å²) in [5, 5.41) is 8.26. The molecule has 0 unspecified atom stereocenters. The van der Waals surface area contributed by atoms with E-state index in [1.807, 2.05) is 38.3 Å². The number of amides is 1. The Balaban J connectivity index is 1.46.